The first-order valence-electron chi connectivity index (χ1n) is 7.87. The molecule has 124 valence electrons. The second kappa shape index (κ2) is 9.10. The van der Waals surface area contributed by atoms with E-state index in [-0.39, 0.29) is 4.90 Å². The van der Waals surface area contributed by atoms with Crippen LogP contribution in [0.15, 0.2) is 64.5 Å². The molecule has 1 N–H and O–H groups in total. The Balaban J connectivity index is 0.000000615. The average molecular weight is 332 g/mol. The molecule has 1 aliphatic heterocycles. The van der Waals surface area contributed by atoms with E-state index in [1.807, 2.05) is 52.0 Å². The highest BCUT2D eigenvalue weighted by Gasteiger charge is 2.21. The quantitative estimate of drug-likeness (QED) is 0.904. The Morgan fingerprint density at radius 1 is 0.870 bits per heavy atom. The molecule has 1 heterocycles. The van der Waals surface area contributed by atoms with Crippen LogP contribution in [0.1, 0.15) is 38.8 Å². The number of rotatable bonds is 2. The van der Waals surface area contributed by atoms with Gasteiger partial charge in [-0.05, 0) is 17.7 Å². The highest BCUT2D eigenvalue weighted by Crippen LogP contribution is 2.18. The van der Waals surface area contributed by atoms with Gasteiger partial charge in [-0.2, -0.15) is 0 Å². The Morgan fingerprint density at radius 3 is 2.09 bits per heavy atom. The van der Waals surface area contributed by atoms with Crippen LogP contribution < -0.4 is 4.72 Å². The van der Waals surface area contributed by atoms with Gasteiger partial charge in [0.1, 0.15) is 5.84 Å². The van der Waals surface area contributed by atoms with Crippen molar-refractivity contribution in [3.05, 3.63) is 65.7 Å². The molecule has 0 bridgehead atoms. The number of nitrogens with one attached hydrogen (secondary N) is 1. The fourth-order valence-electron chi connectivity index (χ4n) is 2.01. The molecular formula is C18H24N2O2S. The molecule has 0 aromatic heterocycles. The molecule has 0 unspecified atom stereocenters. The molecule has 0 fully saturated rings. The van der Waals surface area contributed by atoms with Crippen molar-refractivity contribution >= 4 is 15.9 Å². The first kappa shape index (κ1) is 18.9. The molecule has 0 atom stereocenters. The Hall–Kier alpha value is -2.14. The van der Waals surface area contributed by atoms with Crippen LogP contribution in [0.25, 0.3) is 0 Å². The number of amidine groups is 1. The number of hydrogen-bond acceptors (Lipinski definition) is 3. The summed E-state index contributed by atoms with van der Waals surface area (Å²) in [5, 5.41) is 0. The van der Waals surface area contributed by atoms with Gasteiger partial charge < -0.3 is 0 Å². The van der Waals surface area contributed by atoms with E-state index in [0.717, 1.165) is 11.1 Å². The van der Waals surface area contributed by atoms with E-state index >= 15 is 0 Å². The van der Waals surface area contributed by atoms with Crippen molar-refractivity contribution in [1.82, 2.24) is 4.72 Å². The molecule has 0 spiro atoms. The highest BCUT2D eigenvalue weighted by atomic mass is 32.2. The van der Waals surface area contributed by atoms with Crippen molar-refractivity contribution in [2.24, 2.45) is 4.99 Å². The first-order valence-corrected chi connectivity index (χ1v) is 9.36. The van der Waals surface area contributed by atoms with E-state index < -0.39 is 10.0 Å². The van der Waals surface area contributed by atoms with Crippen LogP contribution in [-0.2, 0) is 16.6 Å². The van der Waals surface area contributed by atoms with Gasteiger partial charge in [-0.3, -0.25) is 9.71 Å². The van der Waals surface area contributed by atoms with Crippen molar-refractivity contribution in [3.8, 4) is 0 Å². The predicted octanol–water partition coefficient (Wildman–Crippen LogP) is 3.98. The lowest BCUT2D eigenvalue weighted by atomic mass is 10.1. The van der Waals surface area contributed by atoms with Crippen LogP contribution in [0.5, 0.6) is 0 Å². The third-order valence-electron chi connectivity index (χ3n) is 2.96. The summed E-state index contributed by atoms with van der Waals surface area (Å²) in [6.07, 6.45) is 0. The van der Waals surface area contributed by atoms with Crippen molar-refractivity contribution in [3.63, 3.8) is 0 Å². The molecule has 5 heteroatoms. The Morgan fingerprint density at radius 2 is 1.43 bits per heavy atom. The number of fused-ring (bicyclic) bond motifs is 1. The smallest absolute Gasteiger partial charge is 0.263 e. The minimum absolute atomic E-state index is 0.238. The summed E-state index contributed by atoms with van der Waals surface area (Å²) >= 11 is 0. The fraction of sp³-hybridized carbons (Fsp3) is 0.278. The molecule has 4 nitrogen and oxygen atoms in total. The Kier molecular flexibility index (Phi) is 7.48. The van der Waals surface area contributed by atoms with Gasteiger partial charge in [0, 0.05) is 5.56 Å². The van der Waals surface area contributed by atoms with Gasteiger partial charge in [0.2, 0.25) is 0 Å². The van der Waals surface area contributed by atoms with Gasteiger partial charge in [-0.25, -0.2) is 8.42 Å². The molecule has 0 radical (unpaired) electrons. The van der Waals surface area contributed by atoms with Gasteiger partial charge in [-0.15, -0.1) is 0 Å². The van der Waals surface area contributed by atoms with E-state index in [2.05, 4.69) is 9.71 Å². The molecular weight excluding hydrogens is 308 g/mol. The maximum absolute atomic E-state index is 12.2. The molecule has 0 aliphatic carbocycles. The lowest BCUT2D eigenvalue weighted by Gasteiger charge is -2.08. The van der Waals surface area contributed by atoms with E-state index in [1.54, 1.807) is 30.3 Å². The number of nitrogens with zero attached hydrogens (tertiary/aromatic N) is 1. The second-order valence-electron chi connectivity index (χ2n) is 4.24. The minimum Gasteiger partial charge on any atom is -0.263 e. The van der Waals surface area contributed by atoms with Crippen LogP contribution in [0, 0.1) is 0 Å². The molecule has 0 saturated carbocycles. The zero-order valence-electron chi connectivity index (χ0n) is 14.1. The van der Waals surface area contributed by atoms with Gasteiger partial charge in [0.25, 0.3) is 10.0 Å². The molecule has 2 aromatic carbocycles. The van der Waals surface area contributed by atoms with Crippen LogP contribution >= 0.6 is 0 Å². The zero-order valence-corrected chi connectivity index (χ0v) is 14.9. The predicted molar refractivity (Wildman–Crippen MR) is 96.1 cm³/mol. The number of hydrogen-bond donors (Lipinski definition) is 1. The maximum Gasteiger partial charge on any atom is 0.263 e. The van der Waals surface area contributed by atoms with E-state index in [0.29, 0.717) is 12.4 Å². The average Bonchev–Trinajstić information content (AvgIpc) is 3.02. The minimum atomic E-state index is -3.57. The SMILES string of the molecule is CC.CC.O=S(=O)(NC1=NCc2ccccc21)c1ccccc1. The lowest BCUT2D eigenvalue weighted by molar-refractivity contribution is 0.592. The third-order valence-corrected chi connectivity index (χ3v) is 4.32. The summed E-state index contributed by atoms with van der Waals surface area (Å²) in [6.45, 7) is 8.52. The summed E-state index contributed by atoms with van der Waals surface area (Å²) in [5.74, 6) is 0.416. The molecule has 0 saturated heterocycles. The number of sulfonamides is 1. The molecule has 2 aromatic rings. The lowest BCUT2D eigenvalue weighted by Crippen LogP contribution is -2.30. The molecule has 0 amide bonds. The largest absolute Gasteiger partial charge is 0.263 e. The monoisotopic (exact) mass is 332 g/mol. The summed E-state index contributed by atoms with van der Waals surface area (Å²) in [4.78, 5) is 4.48. The van der Waals surface area contributed by atoms with Crippen molar-refractivity contribution in [2.45, 2.75) is 39.1 Å². The third kappa shape index (κ3) is 4.66. The van der Waals surface area contributed by atoms with Crippen LogP contribution in [0.4, 0.5) is 0 Å². The Labute approximate surface area is 139 Å². The van der Waals surface area contributed by atoms with Crippen molar-refractivity contribution in [2.75, 3.05) is 0 Å². The van der Waals surface area contributed by atoms with E-state index in [9.17, 15) is 8.42 Å². The Bertz CT molecular complexity index is 739. The van der Waals surface area contributed by atoms with E-state index in [4.69, 9.17) is 0 Å². The van der Waals surface area contributed by atoms with Crippen molar-refractivity contribution in [1.29, 1.82) is 0 Å². The highest BCUT2D eigenvalue weighted by molar-refractivity contribution is 7.90. The zero-order chi connectivity index (χ0) is 17.3. The van der Waals surface area contributed by atoms with Gasteiger partial charge >= 0.3 is 0 Å². The van der Waals surface area contributed by atoms with Crippen LogP contribution in [0.3, 0.4) is 0 Å². The van der Waals surface area contributed by atoms with E-state index in [1.165, 1.54) is 0 Å². The van der Waals surface area contributed by atoms with Gasteiger partial charge in [-0.1, -0.05) is 70.2 Å². The molecule has 23 heavy (non-hydrogen) atoms. The summed E-state index contributed by atoms with van der Waals surface area (Å²) in [5.41, 5.74) is 1.88. The second-order valence-corrected chi connectivity index (χ2v) is 5.92. The van der Waals surface area contributed by atoms with Crippen LogP contribution in [-0.4, -0.2) is 14.3 Å². The topological polar surface area (TPSA) is 58.5 Å². The fourth-order valence-corrected chi connectivity index (χ4v) is 3.07. The summed E-state index contributed by atoms with van der Waals surface area (Å²) in [7, 11) is -3.57. The first-order chi connectivity index (χ1) is 11.2. The van der Waals surface area contributed by atoms with Crippen molar-refractivity contribution < 1.29 is 8.42 Å². The normalized spacial score (nSPS) is 11.9. The van der Waals surface area contributed by atoms with Gasteiger partial charge in [0.05, 0.1) is 11.4 Å². The standard InChI is InChI=1S/C14H12N2O2S.2C2H6/c17-19(18,12-7-2-1-3-8-12)16-14-13-9-5-4-6-11(13)10-15-14;2*1-2/h1-9H,10H2,(H,15,16);2*1-2H3. The van der Waals surface area contributed by atoms with Crippen LogP contribution in [0.2, 0.25) is 0 Å². The molecule has 1 aliphatic rings. The molecule has 3 rings (SSSR count). The van der Waals surface area contributed by atoms with Gasteiger partial charge in [0.15, 0.2) is 0 Å². The number of benzene rings is 2. The summed E-state index contributed by atoms with van der Waals surface area (Å²) in [6, 6.07) is 15.9. The summed E-state index contributed by atoms with van der Waals surface area (Å²) < 4.78 is 27.0. The number of aliphatic imine (C=N–C) groups is 1. The maximum atomic E-state index is 12.2.